The van der Waals surface area contributed by atoms with Gasteiger partial charge in [0.25, 0.3) is 5.91 Å². The third-order valence-corrected chi connectivity index (χ3v) is 4.16. The molecule has 0 unspecified atom stereocenters. The van der Waals surface area contributed by atoms with E-state index >= 15 is 0 Å². The highest BCUT2D eigenvalue weighted by Gasteiger charge is 2.13. The fourth-order valence-electron chi connectivity index (χ4n) is 2.97. The highest BCUT2D eigenvalue weighted by atomic mass is 16.5. The molecular formula is C20H25N3O3. The van der Waals surface area contributed by atoms with E-state index in [-0.39, 0.29) is 5.91 Å². The van der Waals surface area contributed by atoms with Crippen molar-refractivity contribution < 1.29 is 14.3 Å². The third kappa shape index (κ3) is 4.75. The number of nitrogens with one attached hydrogen (secondary N) is 1. The number of carbonyl (C=O) groups is 2. The summed E-state index contributed by atoms with van der Waals surface area (Å²) >= 11 is 0. The van der Waals surface area contributed by atoms with Crippen molar-refractivity contribution in [2.75, 3.05) is 14.2 Å². The molecule has 6 nitrogen and oxygen atoms in total. The minimum Gasteiger partial charge on any atom is -0.496 e. The molecule has 0 saturated carbocycles. The van der Waals surface area contributed by atoms with Gasteiger partial charge in [0.15, 0.2) is 0 Å². The van der Waals surface area contributed by atoms with E-state index in [1.807, 2.05) is 26.0 Å². The van der Waals surface area contributed by atoms with Gasteiger partial charge in [-0.25, -0.2) is 4.79 Å². The molecule has 0 aliphatic heterocycles. The van der Waals surface area contributed by atoms with Gasteiger partial charge in [0.1, 0.15) is 5.75 Å². The Balaban J connectivity index is 2.06. The van der Waals surface area contributed by atoms with Crippen LogP contribution >= 0.6 is 0 Å². The zero-order valence-corrected chi connectivity index (χ0v) is 15.6. The number of aryl methyl sites for hydroxylation is 2. The summed E-state index contributed by atoms with van der Waals surface area (Å²) in [6.07, 6.45) is 0. The molecule has 0 aliphatic carbocycles. The monoisotopic (exact) mass is 355 g/mol. The number of hydrogen-bond acceptors (Lipinski definition) is 3. The molecule has 26 heavy (non-hydrogen) atoms. The van der Waals surface area contributed by atoms with Gasteiger partial charge in [-0.05, 0) is 48.2 Å². The number of urea groups is 1. The molecule has 0 spiro atoms. The molecular weight excluding hydrogens is 330 g/mol. The van der Waals surface area contributed by atoms with E-state index in [9.17, 15) is 9.59 Å². The highest BCUT2D eigenvalue weighted by Crippen LogP contribution is 2.25. The van der Waals surface area contributed by atoms with E-state index in [2.05, 4.69) is 5.32 Å². The van der Waals surface area contributed by atoms with Crippen LogP contribution in [0.15, 0.2) is 36.4 Å². The minimum absolute atomic E-state index is 0.0643. The lowest BCUT2D eigenvalue weighted by atomic mass is 10.0. The number of nitrogens with two attached hydrogens (primary N) is 1. The van der Waals surface area contributed by atoms with Crippen LogP contribution in [-0.4, -0.2) is 31.0 Å². The molecule has 2 aromatic carbocycles. The maximum Gasteiger partial charge on any atom is 0.312 e. The van der Waals surface area contributed by atoms with Crippen molar-refractivity contribution in [2.45, 2.75) is 26.9 Å². The van der Waals surface area contributed by atoms with Crippen molar-refractivity contribution in [3.63, 3.8) is 0 Å². The van der Waals surface area contributed by atoms with Gasteiger partial charge in [0, 0.05) is 25.7 Å². The first-order chi connectivity index (χ1) is 12.3. The van der Waals surface area contributed by atoms with E-state index < -0.39 is 6.03 Å². The smallest absolute Gasteiger partial charge is 0.312 e. The van der Waals surface area contributed by atoms with Crippen LogP contribution in [0.3, 0.4) is 0 Å². The van der Waals surface area contributed by atoms with Gasteiger partial charge in [-0.15, -0.1) is 0 Å². The normalized spacial score (nSPS) is 10.3. The molecule has 0 aliphatic rings. The van der Waals surface area contributed by atoms with Gasteiger partial charge in [-0.2, -0.15) is 0 Å². The number of methoxy groups -OCH3 is 1. The molecule has 0 fully saturated rings. The van der Waals surface area contributed by atoms with Crippen molar-refractivity contribution in [1.82, 2.24) is 10.2 Å². The zero-order valence-electron chi connectivity index (χ0n) is 15.6. The van der Waals surface area contributed by atoms with Crippen LogP contribution in [0.2, 0.25) is 0 Å². The second-order valence-corrected chi connectivity index (χ2v) is 6.34. The van der Waals surface area contributed by atoms with Crippen LogP contribution in [0, 0.1) is 13.8 Å². The molecule has 3 N–H and O–H groups in total. The Morgan fingerprint density at radius 2 is 1.65 bits per heavy atom. The molecule has 0 radical (unpaired) electrons. The molecule has 138 valence electrons. The fraction of sp³-hybridized carbons (Fsp3) is 0.300. The number of rotatable bonds is 6. The van der Waals surface area contributed by atoms with Crippen LogP contribution in [0.1, 0.15) is 32.6 Å². The predicted octanol–water partition coefficient (Wildman–Crippen LogP) is 2.75. The van der Waals surface area contributed by atoms with Gasteiger partial charge < -0.3 is 20.7 Å². The van der Waals surface area contributed by atoms with Crippen molar-refractivity contribution >= 4 is 11.9 Å². The van der Waals surface area contributed by atoms with E-state index in [1.165, 1.54) is 0 Å². The second kappa shape index (κ2) is 8.38. The lowest BCUT2D eigenvalue weighted by Crippen LogP contribution is -2.28. The molecule has 0 saturated heterocycles. The minimum atomic E-state index is -0.574. The van der Waals surface area contributed by atoms with Crippen LogP contribution in [0.4, 0.5) is 4.79 Å². The first kappa shape index (κ1) is 19.3. The Kier molecular flexibility index (Phi) is 6.22. The summed E-state index contributed by atoms with van der Waals surface area (Å²) in [7, 11) is 3.44. The van der Waals surface area contributed by atoms with Crippen LogP contribution in [-0.2, 0) is 13.1 Å². The van der Waals surface area contributed by atoms with Crippen molar-refractivity contribution in [3.8, 4) is 5.75 Å². The molecule has 0 aromatic heterocycles. The van der Waals surface area contributed by atoms with Crippen LogP contribution < -0.4 is 15.8 Å². The summed E-state index contributed by atoms with van der Waals surface area (Å²) in [5, 5.41) is 2.52. The van der Waals surface area contributed by atoms with Crippen LogP contribution in [0.25, 0.3) is 0 Å². The first-order valence-electron chi connectivity index (χ1n) is 8.33. The number of benzene rings is 2. The third-order valence-electron chi connectivity index (χ3n) is 4.16. The number of ether oxygens (including phenoxy) is 1. The Hall–Kier alpha value is -3.02. The van der Waals surface area contributed by atoms with Gasteiger partial charge in [-0.1, -0.05) is 24.3 Å². The largest absolute Gasteiger partial charge is 0.496 e. The summed E-state index contributed by atoms with van der Waals surface area (Å²) in [4.78, 5) is 25.1. The first-order valence-corrected chi connectivity index (χ1v) is 8.33. The SMILES string of the molecule is COc1c(C)cc(CN(C)C(=O)c2ccc(CNC(N)=O)cc2)cc1C. The number of primary amides is 1. The summed E-state index contributed by atoms with van der Waals surface area (Å²) < 4.78 is 5.38. The zero-order chi connectivity index (χ0) is 19.3. The van der Waals surface area contributed by atoms with Crippen molar-refractivity contribution in [2.24, 2.45) is 5.73 Å². The standard InChI is InChI=1S/C20H25N3O3/c1-13-9-16(10-14(2)18(13)26-4)12-23(3)19(24)17-7-5-15(6-8-17)11-22-20(21)25/h5-10H,11-12H2,1-4H3,(H3,21,22,25). The Morgan fingerprint density at radius 1 is 1.08 bits per heavy atom. The second-order valence-electron chi connectivity index (χ2n) is 6.34. The van der Waals surface area contributed by atoms with E-state index in [0.717, 1.165) is 28.0 Å². The quantitative estimate of drug-likeness (QED) is 0.835. The summed E-state index contributed by atoms with van der Waals surface area (Å²) in [5.41, 5.74) is 9.68. The molecule has 2 aromatic rings. The molecule has 0 bridgehead atoms. The molecule has 6 heteroatoms. The lowest BCUT2D eigenvalue weighted by molar-refractivity contribution is 0.0785. The number of carbonyl (C=O) groups excluding carboxylic acids is 2. The maximum absolute atomic E-state index is 12.6. The maximum atomic E-state index is 12.6. The van der Waals surface area contributed by atoms with Crippen LogP contribution in [0.5, 0.6) is 5.75 Å². The van der Waals surface area contributed by atoms with Gasteiger partial charge in [0.2, 0.25) is 0 Å². The summed E-state index contributed by atoms with van der Waals surface area (Å²) in [5.74, 6) is 0.813. The summed E-state index contributed by atoms with van der Waals surface area (Å²) in [6, 6.07) is 10.6. The predicted molar refractivity (Wildman–Crippen MR) is 101 cm³/mol. The highest BCUT2D eigenvalue weighted by molar-refractivity contribution is 5.94. The molecule has 0 atom stereocenters. The molecule has 2 rings (SSSR count). The number of hydrogen-bond donors (Lipinski definition) is 2. The summed E-state index contributed by atoms with van der Waals surface area (Å²) in [6.45, 7) is 4.84. The Bertz CT molecular complexity index is 777. The van der Waals surface area contributed by atoms with Crippen molar-refractivity contribution in [1.29, 1.82) is 0 Å². The average Bonchev–Trinajstić information content (AvgIpc) is 2.59. The Morgan fingerprint density at radius 3 is 2.15 bits per heavy atom. The van der Waals surface area contributed by atoms with Gasteiger partial charge in [-0.3, -0.25) is 4.79 Å². The van der Waals surface area contributed by atoms with E-state index in [0.29, 0.717) is 18.7 Å². The lowest BCUT2D eigenvalue weighted by Gasteiger charge is -2.19. The average molecular weight is 355 g/mol. The van der Waals surface area contributed by atoms with Gasteiger partial charge >= 0.3 is 6.03 Å². The fourth-order valence-corrected chi connectivity index (χ4v) is 2.97. The van der Waals surface area contributed by atoms with E-state index in [1.54, 1.807) is 43.3 Å². The van der Waals surface area contributed by atoms with Gasteiger partial charge in [0.05, 0.1) is 7.11 Å². The van der Waals surface area contributed by atoms with E-state index in [4.69, 9.17) is 10.5 Å². The molecule has 0 heterocycles. The van der Waals surface area contributed by atoms with Crippen molar-refractivity contribution in [3.05, 3.63) is 64.2 Å². The Labute approximate surface area is 153 Å². The topological polar surface area (TPSA) is 84.7 Å². The number of amides is 3. The number of nitrogens with zero attached hydrogens (tertiary/aromatic N) is 1. The molecule has 3 amide bonds.